The number of fused-ring (bicyclic) bond motifs is 1. The van der Waals surface area contributed by atoms with Crippen molar-refractivity contribution in [3.05, 3.63) is 125 Å². The van der Waals surface area contributed by atoms with Crippen molar-refractivity contribution in [2.24, 2.45) is 0 Å². The molecule has 0 aliphatic carbocycles. The third-order valence-electron chi connectivity index (χ3n) is 6.73. The number of aryl methyl sites for hydroxylation is 1. The molecule has 1 aliphatic rings. The van der Waals surface area contributed by atoms with Gasteiger partial charge in [0.1, 0.15) is 11.5 Å². The summed E-state index contributed by atoms with van der Waals surface area (Å²) >= 11 is 0. The predicted molar refractivity (Wildman–Crippen MR) is 148 cm³/mol. The average molecular weight is 507 g/mol. The zero-order chi connectivity index (χ0) is 26.5. The number of rotatable bonds is 7. The molecule has 2 amide bonds. The molecule has 4 aromatic rings. The first-order chi connectivity index (χ1) is 18.5. The van der Waals surface area contributed by atoms with E-state index in [1.165, 1.54) is 5.56 Å². The molecule has 0 saturated carbocycles. The number of hydrogen-bond acceptors (Lipinski definition) is 4. The Bertz CT molecular complexity index is 1430. The van der Waals surface area contributed by atoms with Gasteiger partial charge < -0.3 is 19.7 Å². The van der Waals surface area contributed by atoms with E-state index in [-0.39, 0.29) is 24.5 Å². The Hall–Kier alpha value is -4.58. The number of ether oxygens (including phenoxy) is 2. The van der Waals surface area contributed by atoms with Gasteiger partial charge in [-0.25, -0.2) is 0 Å². The van der Waals surface area contributed by atoms with E-state index in [2.05, 4.69) is 30.4 Å². The lowest BCUT2D eigenvalue weighted by atomic mass is 9.87. The molecule has 4 aromatic carbocycles. The molecule has 192 valence electrons. The maximum Gasteiger partial charge on any atom is 0.262 e. The number of benzene rings is 4. The quantitative estimate of drug-likeness (QED) is 0.344. The smallest absolute Gasteiger partial charge is 0.262 e. The lowest BCUT2D eigenvalue weighted by molar-refractivity contribution is -0.118. The predicted octanol–water partition coefficient (Wildman–Crippen LogP) is 5.81. The maximum absolute atomic E-state index is 13.6. The Morgan fingerprint density at radius 2 is 1.66 bits per heavy atom. The van der Waals surface area contributed by atoms with Crippen LogP contribution in [0.4, 0.5) is 5.69 Å². The molecule has 0 spiro atoms. The number of hydrogen-bond donors (Lipinski definition) is 1. The van der Waals surface area contributed by atoms with Crippen LogP contribution in [-0.4, -0.2) is 37.0 Å². The Labute approximate surface area is 222 Å². The van der Waals surface area contributed by atoms with Crippen LogP contribution in [0.2, 0.25) is 0 Å². The number of anilines is 1. The zero-order valence-electron chi connectivity index (χ0n) is 21.5. The second-order valence-electron chi connectivity index (χ2n) is 9.36. The van der Waals surface area contributed by atoms with E-state index in [0.717, 1.165) is 28.9 Å². The molecule has 6 heteroatoms. The fourth-order valence-electron chi connectivity index (χ4n) is 4.87. The third kappa shape index (κ3) is 5.54. The molecule has 38 heavy (non-hydrogen) atoms. The standard InChI is InChI=1S/C32H30N2O4/c1-22-7-6-10-25(19-22)31-29-20-28(38-21-30(35)33-26-12-15-27(37-2)16-13-26)14-11-23(29)17-18-34(31)32(36)24-8-4-3-5-9-24/h3-16,19-20,31H,17-18,21H2,1-2H3,(H,33,35)/t31-/m1/s1. The van der Waals surface area contributed by atoms with Gasteiger partial charge in [0.2, 0.25) is 0 Å². The van der Waals surface area contributed by atoms with Gasteiger partial charge in [0.15, 0.2) is 6.61 Å². The number of carbonyl (C=O) groups is 2. The van der Waals surface area contributed by atoms with Crippen molar-refractivity contribution < 1.29 is 19.1 Å². The molecule has 0 aromatic heterocycles. The molecule has 1 N–H and O–H groups in total. The van der Waals surface area contributed by atoms with E-state index in [1.807, 2.05) is 59.5 Å². The molecule has 0 fully saturated rings. The highest BCUT2D eigenvalue weighted by atomic mass is 16.5. The first-order valence-electron chi connectivity index (χ1n) is 12.6. The van der Waals surface area contributed by atoms with Gasteiger partial charge in [-0.05, 0) is 78.6 Å². The van der Waals surface area contributed by atoms with Crippen LogP contribution in [0.3, 0.4) is 0 Å². The van der Waals surface area contributed by atoms with Gasteiger partial charge >= 0.3 is 0 Å². The van der Waals surface area contributed by atoms with E-state index in [0.29, 0.717) is 23.5 Å². The molecule has 0 radical (unpaired) electrons. The highest BCUT2D eigenvalue weighted by Gasteiger charge is 2.33. The van der Waals surface area contributed by atoms with Crippen molar-refractivity contribution in [3.8, 4) is 11.5 Å². The summed E-state index contributed by atoms with van der Waals surface area (Å²) in [6.07, 6.45) is 0.745. The van der Waals surface area contributed by atoms with Crippen LogP contribution >= 0.6 is 0 Å². The van der Waals surface area contributed by atoms with Crippen LogP contribution in [-0.2, 0) is 11.2 Å². The van der Waals surface area contributed by atoms with Gasteiger partial charge in [-0.2, -0.15) is 0 Å². The second kappa shape index (κ2) is 11.2. The minimum absolute atomic E-state index is 0.00653. The number of nitrogens with zero attached hydrogens (tertiary/aromatic N) is 1. The van der Waals surface area contributed by atoms with E-state index in [1.54, 1.807) is 31.4 Å². The van der Waals surface area contributed by atoms with Crippen molar-refractivity contribution in [1.29, 1.82) is 0 Å². The van der Waals surface area contributed by atoms with Crippen molar-refractivity contribution >= 4 is 17.5 Å². The first-order valence-corrected chi connectivity index (χ1v) is 12.6. The van der Waals surface area contributed by atoms with Gasteiger partial charge in [0.05, 0.1) is 13.2 Å². The minimum Gasteiger partial charge on any atom is -0.497 e. The summed E-state index contributed by atoms with van der Waals surface area (Å²) in [6.45, 7) is 2.54. The number of nitrogens with one attached hydrogen (secondary N) is 1. The summed E-state index contributed by atoms with van der Waals surface area (Å²) < 4.78 is 11.1. The van der Waals surface area contributed by atoms with E-state index in [4.69, 9.17) is 9.47 Å². The topological polar surface area (TPSA) is 67.9 Å². The Kier molecular flexibility index (Phi) is 7.40. The third-order valence-corrected chi connectivity index (χ3v) is 6.73. The van der Waals surface area contributed by atoms with Crippen LogP contribution in [0, 0.1) is 6.92 Å². The fourth-order valence-corrected chi connectivity index (χ4v) is 4.87. The molecule has 6 nitrogen and oxygen atoms in total. The van der Waals surface area contributed by atoms with Crippen molar-refractivity contribution in [3.63, 3.8) is 0 Å². The zero-order valence-corrected chi connectivity index (χ0v) is 21.5. The van der Waals surface area contributed by atoms with Crippen molar-refractivity contribution in [1.82, 2.24) is 4.90 Å². The van der Waals surface area contributed by atoms with E-state index >= 15 is 0 Å². The number of amides is 2. The van der Waals surface area contributed by atoms with Crippen LogP contribution < -0.4 is 14.8 Å². The molecular weight excluding hydrogens is 476 g/mol. The van der Waals surface area contributed by atoms with Gasteiger partial charge in [-0.3, -0.25) is 9.59 Å². The number of carbonyl (C=O) groups excluding carboxylic acids is 2. The van der Waals surface area contributed by atoms with Crippen LogP contribution in [0.25, 0.3) is 0 Å². The normalized spacial score (nSPS) is 14.4. The largest absolute Gasteiger partial charge is 0.497 e. The molecule has 0 saturated heterocycles. The highest BCUT2D eigenvalue weighted by molar-refractivity contribution is 5.95. The maximum atomic E-state index is 13.6. The Balaban J connectivity index is 1.39. The summed E-state index contributed by atoms with van der Waals surface area (Å²) in [4.78, 5) is 28.1. The molecule has 0 bridgehead atoms. The molecule has 5 rings (SSSR count). The van der Waals surface area contributed by atoms with Crippen LogP contribution in [0.1, 0.15) is 38.7 Å². The fraction of sp³-hybridized carbons (Fsp3) is 0.188. The molecule has 1 heterocycles. The van der Waals surface area contributed by atoms with Gasteiger partial charge in [-0.15, -0.1) is 0 Å². The number of methoxy groups -OCH3 is 1. The van der Waals surface area contributed by atoms with E-state index in [9.17, 15) is 9.59 Å². The molecule has 0 unspecified atom stereocenters. The van der Waals surface area contributed by atoms with Crippen molar-refractivity contribution in [2.45, 2.75) is 19.4 Å². The molecular formula is C32H30N2O4. The highest BCUT2D eigenvalue weighted by Crippen LogP contribution is 2.38. The van der Waals surface area contributed by atoms with Gasteiger partial charge in [0, 0.05) is 17.8 Å². The summed E-state index contributed by atoms with van der Waals surface area (Å²) in [5.74, 6) is 1.04. The van der Waals surface area contributed by atoms with E-state index < -0.39 is 0 Å². The van der Waals surface area contributed by atoms with Gasteiger partial charge in [-0.1, -0.05) is 54.1 Å². The summed E-state index contributed by atoms with van der Waals surface area (Å²) in [5.41, 5.74) is 5.69. The summed E-state index contributed by atoms with van der Waals surface area (Å²) in [7, 11) is 1.60. The Morgan fingerprint density at radius 1 is 0.895 bits per heavy atom. The lowest BCUT2D eigenvalue weighted by Crippen LogP contribution is -2.40. The SMILES string of the molecule is COc1ccc(NC(=O)COc2ccc3c(c2)[C@@H](c2cccc(C)c2)N(C(=O)c2ccccc2)CC3)cc1. The summed E-state index contributed by atoms with van der Waals surface area (Å²) in [6, 6.07) is 30.4. The summed E-state index contributed by atoms with van der Waals surface area (Å²) in [5, 5.41) is 2.83. The average Bonchev–Trinajstić information content (AvgIpc) is 2.96. The molecule has 1 atom stereocenters. The van der Waals surface area contributed by atoms with Crippen molar-refractivity contribution in [2.75, 3.05) is 25.6 Å². The van der Waals surface area contributed by atoms with Crippen LogP contribution in [0.15, 0.2) is 97.1 Å². The first kappa shape index (κ1) is 25.1. The van der Waals surface area contributed by atoms with Crippen LogP contribution in [0.5, 0.6) is 11.5 Å². The Morgan fingerprint density at radius 3 is 2.39 bits per heavy atom. The van der Waals surface area contributed by atoms with Gasteiger partial charge in [0.25, 0.3) is 11.8 Å². The lowest BCUT2D eigenvalue weighted by Gasteiger charge is -2.38. The minimum atomic E-state index is -0.261. The molecule has 1 aliphatic heterocycles. The second-order valence-corrected chi connectivity index (χ2v) is 9.36. The monoisotopic (exact) mass is 506 g/mol.